The zero-order valence-electron chi connectivity index (χ0n) is 11.4. The highest BCUT2D eigenvalue weighted by molar-refractivity contribution is 7.09. The fourth-order valence-corrected chi connectivity index (χ4v) is 3.10. The van der Waals surface area contributed by atoms with Crippen molar-refractivity contribution in [2.24, 2.45) is 5.84 Å². The molecule has 2 rings (SSSR count). The van der Waals surface area contributed by atoms with E-state index in [-0.39, 0.29) is 0 Å². The summed E-state index contributed by atoms with van der Waals surface area (Å²) in [6.45, 7) is 2.13. The molecular weight excluding hydrogens is 252 g/mol. The Morgan fingerprint density at radius 1 is 1.26 bits per heavy atom. The number of hydrogen-bond acceptors (Lipinski definition) is 3. The Labute approximate surface area is 119 Å². The summed E-state index contributed by atoms with van der Waals surface area (Å²) in [5.74, 6) is 5.67. The topological polar surface area (TPSA) is 38.0 Å². The van der Waals surface area contributed by atoms with Crippen LogP contribution >= 0.6 is 11.3 Å². The lowest BCUT2D eigenvalue weighted by molar-refractivity contribution is 0.477. The SMILES string of the molecule is Cc1cccc(CC(CCCc2cccs2)NN)c1. The zero-order chi connectivity index (χ0) is 13.5. The molecule has 0 aliphatic heterocycles. The number of benzene rings is 1. The van der Waals surface area contributed by atoms with Crippen molar-refractivity contribution < 1.29 is 0 Å². The van der Waals surface area contributed by atoms with Gasteiger partial charge in [-0.2, -0.15) is 0 Å². The van der Waals surface area contributed by atoms with Crippen LogP contribution in [0.1, 0.15) is 28.8 Å². The van der Waals surface area contributed by atoms with Gasteiger partial charge in [0.05, 0.1) is 0 Å². The van der Waals surface area contributed by atoms with Crippen LogP contribution in [0.15, 0.2) is 41.8 Å². The second-order valence-electron chi connectivity index (χ2n) is 5.03. The van der Waals surface area contributed by atoms with Gasteiger partial charge in [-0.3, -0.25) is 11.3 Å². The van der Waals surface area contributed by atoms with E-state index in [2.05, 4.69) is 54.1 Å². The first kappa shape index (κ1) is 14.3. The summed E-state index contributed by atoms with van der Waals surface area (Å²) in [5, 5.41) is 2.14. The molecule has 3 heteroatoms. The molecule has 0 spiro atoms. The molecule has 1 aromatic heterocycles. The van der Waals surface area contributed by atoms with E-state index in [1.54, 1.807) is 0 Å². The number of aryl methyl sites for hydroxylation is 2. The van der Waals surface area contributed by atoms with E-state index in [1.807, 2.05) is 11.3 Å². The third-order valence-electron chi connectivity index (χ3n) is 3.36. The van der Waals surface area contributed by atoms with E-state index >= 15 is 0 Å². The molecule has 0 saturated carbocycles. The van der Waals surface area contributed by atoms with Gasteiger partial charge in [0.2, 0.25) is 0 Å². The molecular formula is C16H22N2S. The predicted molar refractivity (Wildman–Crippen MR) is 83.3 cm³/mol. The van der Waals surface area contributed by atoms with Crippen molar-refractivity contribution in [2.75, 3.05) is 0 Å². The third kappa shape index (κ3) is 4.78. The monoisotopic (exact) mass is 274 g/mol. The number of nitrogens with two attached hydrogens (primary N) is 1. The van der Waals surface area contributed by atoms with Crippen LogP contribution in [0.25, 0.3) is 0 Å². The molecule has 1 heterocycles. The Morgan fingerprint density at radius 3 is 2.84 bits per heavy atom. The van der Waals surface area contributed by atoms with Gasteiger partial charge in [0, 0.05) is 10.9 Å². The van der Waals surface area contributed by atoms with Crippen molar-refractivity contribution in [1.29, 1.82) is 0 Å². The van der Waals surface area contributed by atoms with Gasteiger partial charge in [0.15, 0.2) is 0 Å². The molecule has 0 saturated heterocycles. The van der Waals surface area contributed by atoms with Gasteiger partial charge in [-0.1, -0.05) is 35.9 Å². The van der Waals surface area contributed by atoms with Gasteiger partial charge in [0.1, 0.15) is 0 Å². The molecule has 0 aliphatic carbocycles. The number of hydrogen-bond donors (Lipinski definition) is 2. The van der Waals surface area contributed by atoms with Crippen LogP contribution in [-0.2, 0) is 12.8 Å². The average molecular weight is 274 g/mol. The van der Waals surface area contributed by atoms with E-state index < -0.39 is 0 Å². The number of nitrogens with one attached hydrogen (secondary N) is 1. The lowest BCUT2D eigenvalue weighted by Crippen LogP contribution is -2.36. The molecule has 0 aliphatic rings. The summed E-state index contributed by atoms with van der Waals surface area (Å²) in [4.78, 5) is 1.46. The van der Waals surface area contributed by atoms with Crippen molar-refractivity contribution in [3.05, 3.63) is 57.8 Å². The second-order valence-corrected chi connectivity index (χ2v) is 6.06. The number of rotatable bonds is 7. The van der Waals surface area contributed by atoms with Crippen LogP contribution < -0.4 is 11.3 Å². The maximum absolute atomic E-state index is 5.67. The minimum absolute atomic E-state index is 0.363. The van der Waals surface area contributed by atoms with E-state index in [9.17, 15) is 0 Å². The van der Waals surface area contributed by atoms with Crippen molar-refractivity contribution in [1.82, 2.24) is 5.43 Å². The maximum Gasteiger partial charge on any atom is 0.0251 e. The fourth-order valence-electron chi connectivity index (χ4n) is 2.35. The highest BCUT2D eigenvalue weighted by Gasteiger charge is 2.08. The first-order chi connectivity index (χ1) is 9.28. The third-order valence-corrected chi connectivity index (χ3v) is 4.29. The molecule has 1 aromatic carbocycles. The molecule has 1 unspecified atom stereocenters. The fraction of sp³-hybridized carbons (Fsp3) is 0.375. The van der Waals surface area contributed by atoms with Crippen LogP contribution in [0.5, 0.6) is 0 Å². The molecule has 0 amide bonds. The van der Waals surface area contributed by atoms with Crippen LogP contribution in [0.4, 0.5) is 0 Å². The normalized spacial score (nSPS) is 12.5. The maximum atomic E-state index is 5.67. The quantitative estimate of drug-likeness (QED) is 0.599. The second kappa shape index (κ2) is 7.43. The van der Waals surface area contributed by atoms with Crippen molar-refractivity contribution in [2.45, 2.75) is 38.6 Å². The van der Waals surface area contributed by atoms with Crippen molar-refractivity contribution in [3.63, 3.8) is 0 Å². The summed E-state index contributed by atoms with van der Waals surface area (Å²) in [6, 6.07) is 13.3. The van der Waals surface area contributed by atoms with E-state index in [0.29, 0.717) is 6.04 Å². The predicted octanol–water partition coefficient (Wildman–Crippen LogP) is 3.45. The largest absolute Gasteiger partial charge is 0.271 e. The van der Waals surface area contributed by atoms with Gasteiger partial charge in [-0.05, 0) is 49.6 Å². The standard InChI is InChI=1S/C16H22N2S/c1-13-5-2-6-14(11-13)12-15(18-17)7-3-8-16-9-4-10-19-16/h2,4-6,9-11,15,18H,3,7-8,12,17H2,1H3. The number of thiophene rings is 1. The summed E-state index contributed by atoms with van der Waals surface area (Å²) >= 11 is 1.84. The van der Waals surface area contributed by atoms with Crippen molar-refractivity contribution in [3.8, 4) is 0 Å². The highest BCUT2D eigenvalue weighted by Crippen LogP contribution is 2.14. The van der Waals surface area contributed by atoms with Crippen molar-refractivity contribution >= 4 is 11.3 Å². The minimum Gasteiger partial charge on any atom is -0.271 e. The lowest BCUT2D eigenvalue weighted by Gasteiger charge is -2.16. The molecule has 19 heavy (non-hydrogen) atoms. The highest BCUT2D eigenvalue weighted by atomic mass is 32.1. The Kier molecular flexibility index (Phi) is 5.58. The first-order valence-corrected chi connectivity index (χ1v) is 7.70. The smallest absolute Gasteiger partial charge is 0.0251 e. The Bertz CT molecular complexity index is 479. The van der Waals surface area contributed by atoms with E-state index in [4.69, 9.17) is 5.84 Å². The van der Waals surface area contributed by atoms with Crippen LogP contribution in [0.2, 0.25) is 0 Å². The molecule has 102 valence electrons. The van der Waals surface area contributed by atoms with Gasteiger partial charge < -0.3 is 0 Å². The first-order valence-electron chi connectivity index (χ1n) is 6.82. The van der Waals surface area contributed by atoms with Crippen LogP contribution in [-0.4, -0.2) is 6.04 Å². The molecule has 0 bridgehead atoms. The van der Waals surface area contributed by atoms with E-state index in [1.165, 1.54) is 22.4 Å². The summed E-state index contributed by atoms with van der Waals surface area (Å²) in [5.41, 5.74) is 5.63. The summed E-state index contributed by atoms with van der Waals surface area (Å²) in [7, 11) is 0. The number of hydrazine groups is 1. The zero-order valence-corrected chi connectivity index (χ0v) is 12.2. The minimum atomic E-state index is 0.363. The average Bonchev–Trinajstić information content (AvgIpc) is 2.91. The van der Waals surface area contributed by atoms with Crippen LogP contribution in [0, 0.1) is 6.92 Å². The van der Waals surface area contributed by atoms with Gasteiger partial charge >= 0.3 is 0 Å². The molecule has 0 fully saturated rings. The molecule has 1 atom stereocenters. The molecule has 2 aromatic rings. The Balaban J connectivity index is 1.80. The summed E-state index contributed by atoms with van der Waals surface area (Å²) in [6.07, 6.45) is 4.45. The molecule has 3 N–H and O–H groups in total. The van der Waals surface area contributed by atoms with Gasteiger partial charge in [0.25, 0.3) is 0 Å². The van der Waals surface area contributed by atoms with Gasteiger partial charge in [-0.25, -0.2) is 0 Å². The Morgan fingerprint density at radius 2 is 2.16 bits per heavy atom. The summed E-state index contributed by atoms with van der Waals surface area (Å²) < 4.78 is 0. The molecule has 2 nitrogen and oxygen atoms in total. The molecule has 0 radical (unpaired) electrons. The van der Waals surface area contributed by atoms with E-state index in [0.717, 1.165) is 19.3 Å². The Hall–Kier alpha value is -1.16. The van der Waals surface area contributed by atoms with Gasteiger partial charge in [-0.15, -0.1) is 11.3 Å². The lowest BCUT2D eigenvalue weighted by atomic mass is 10.00. The van der Waals surface area contributed by atoms with Crippen LogP contribution in [0.3, 0.4) is 0 Å².